The maximum Gasteiger partial charge on any atom is 0.129 e. The Bertz CT molecular complexity index is 908. The molecule has 126 valence electrons. The van der Waals surface area contributed by atoms with Gasteiger partial charge in [-0.3, -0.25) is 4.99 Å². The van der Waals surface area contributed by atoms with Crippen molar-refractivity contribution in [2.24, 2.45) is 4.99 Å². The molecule has 0 spiro atoms. The van der Waals surface area contributed by atoms with Crippen LogP contribution in [0.2, 0.25) is 5.02 Å². The highest BCUT2D eigenvalue weighted by Crippen LogP contribution is 2.22. The van der Waals surface area contributed by atoms with Crippen molar-refractivity contribution >= 4 is 23.5 Å². The number of halogens is 2. The molecular weight excluding hydrogens is 337 g/mol. The topological polar surface area (TPSA) is 21.6 Å². The van der Waals surface area contributed by atoms with Gasteiger partial charge in [0.1, 0.15) is 18.2 Å². The second-order valence-corrected chi connectivity index (χ2v) is 6.05. The number of benzene rings is 3. The zero-order valence-corrected chi connectivity index (χ0v) is 14.5. The summed E-state index contributed by atoms with van der Waals surface area (Å²) in [5.74, 6) is 0.394. The van der Waals surface area contributed by atoms with Crippen molar-refractivity contribution in [2.45, 2.75) is 13.5 Å². The van der Waals surface area contributed by atoms with E-state index in [0.29, 0.717) is 16.3 Å². The fourth-order valence-electron chi connectivity index (χ4n) is 2.27. The van der Waals surface area contributed by atoms with E-state index in [9.17, 15) is 4.39 Å². The zero-order chi connectivity index (χ0) is 17.6. The van der Waals surface area contributed by atoms with Gasteiger partial charge in [0, 0.05) is 16.8 Å². The Kier molecular flexibility index (Phi) is 5.46. The molecule has 3 aromatic carbocycles. The summed E-state index contributed by atoms with van der Waals surface area (Å²) in [6.07, 6.45) is 1.75. The predicted molar refractivity (Wildman–Crippen MR) is 101 cm³/mol. The summed E-state index contributed by atoms with van der Waals surface area (Å²) < 4.78 is 19.3. The Labute approximate surface area is 151 Å². The molecule has 0 aliphatic heterocycles. The third-order valence-corrected chi connectivity index (χ3v) is 4.14. The van der Waals surface area contributed by atoms with Gasteiger partial charge >= 0.3 is 0 Å². The van der Waals surface area contributed by atoms with E-state index in [1.807, 2.05) is 49.4 Å². The molecule has 0 aromatic heterocycles. The first-order valence-electron chi connectivity index (χ1n) is 7.88. The summed E-state index contributed by atoms with van der Waals surface area (Å²) in [6, 6.07) is 19.8. The van der Waals surface area contributed by atoms with Crippen LogP contribution in [0.25, 0.3) is 0 Å². The highest BCUT2D eigenvalue weighted by Gasteiger charge is 2.02. The van der Waals surface area contributed by atoms with Gasteiger partial charge < -0.3 is 4.74 Å². The van der Waals surface area contributed by atoms with Gasteiger partial charge in [-0.1, -0.05) is 48.0 Å². The van der Waals surface area contributed by atoms with Crippen molar-refractivity contribution in [3.63, 3.8) is 0 Å². The molecule has 4 heteroatoms. The van der Waals surface area contributed by atoms with Crippen LogP contribution in [0.5, 0.6) is 5.75 Å². The van der Waals surface area contributed by atoms with Crippen LogP contribution < -0.4 is 4.74 Å². The second-order valence-electron chi connectivity index (χ2n) is 5.64. The summed E-state index contributed by atoms with van der Waals surface area (Å²) >= 11 is 6.11. The zero-order valence-electron chi connectivity index (χ0n) is 13.7. The third kappa shape index (κ3) is 4.68. The van der Waals surface area contributed by atoms with Crippen LogP contribution in [0.15, 0.2) is 71.7 Å². The highest BCUT2D eigenvalue weighted by atomic mass is 35.5. The first kappa shape index (κ1) is 17.2. The van der Waals surface area contributed by atoms with Gasteiger partial charge in [0.25, 0.3) is 0 Å². The molecule has 0 fully saturated rings. The lowest BCUT2D eigenvalue weighted by Crippen LogP contribution is -1.98. The Morgan fingerprint density at radius 3 is 2.68 bits per heavy atom. The maximum atomic E-state index is 13.6. The molecule has 0 N–H and O–H groups in total. The Morgan fingerprint density at radius 2 is 1.88 bits per heavy atom. The largest absolute Gasteiger partial charge is 0.489 e. The Balaban J connectivity index is 1.69. The molecule has 0 heterocycles. The van der Waals surface area contributed by atoms with E-state index in [1.54, 1.807) is 24.4 Å². The molecule has 0 aliphatic rings. The molecule has 0 radical (unpaired) electrons. The number of hydrogen-bond donors (Lipinski definition) is 0. The molecule has 0 unspecified atom stereocenters. The van der Waals surface area contributed by atoms with Gasteiger partial charge in [0.15, 0.2) is 0 Å². The summed E-state index contributed by atoms with van der Waals surface area (Å²) in [5, 5.41) is 0.691. The molecule has 0 aliphatic carbocycles. The first-order chi connectivity index (χ1) is 12.1. The number of aliphatic imine (C=N–C) groups is 1. The van der Waals surface area contributed by atoms with Crippen molar-refractivity contribution in [2.75, 3.05) is 0 Å². The number of aryl methyl sites for hydroxylation is 1. The van der Waals surface area contributed by atoms with E-state index in [-0.39, 0.29) is 12.4 Å². The van der Waals surface area contributed by atoms with Crippen molar-refractivity contribution in [3.05, 3.63) is 94.3 Å². The predicted octanol–water partition coefficient (Wildman–Crippen LogP) is 6.12. The number of nitrogens with zero attached hydrogens (tertiary/aromatic N) is 1. The van der Waals surface area contributed by atoms with E-state index in [4.69, 9.17) is 16.3 Å². The molecule has 25 heavy (non-hydrogen) atoms. The summed E-state index contributed by atoms with van der Waals surface area (Å²) in [7, 11) is 0. The van der Waals surface area contributed by atoms with Gasteiger partial charge in [0.2, 0.25) is 0 Å². The van der Waals surface area contributed by atoms with Gasteiger partial charge in [-0.05, 0) is 48.4 Å². The monoisotopic (exact) mass is 353 g/mol. The smallest absolute Gasteiger partial charge is 0.129 e. The molecule has 0 saturated heterocycles. The minimum atomic E-state index is -0.267. The SMILES string of the molecule is Cc1ccc(N=Cc2cccc(OCc3ccccc3F)c2)cc1Cl. The number of rotatable bonds is 5. The molecule has 0 saturated carbocycles. The molecule has 3 rings (SSSR count). The Hall–Kier alpha value is -2.65. The van der Waals surface area contributed by atoms with Crippen LogP contribution in [0, 0.1) is 12.7 Å². The minimum Gasteiger partial charge on any atom is -0.489 e. The van der Waals surface area contributed by atoms with Crippen LogP contribution >= 0.6 is 11.6 Å². The quantitative estimate of drug-likeness (QED) is 0.506. The Morgan fingerprint density at radius 1 is 1.04 bits per heavy atom. The third-order valence-electron chi connectivity index (χ3n) is 3.73. The van der Waals surface area contributed by atoms with E-state index >= 15 is 0 Å². The van der Waals surface area contributed by atoms with Crippen LogP contribution in [0.1, 0.15) is 16.7 Å². The lowest BCUT2D eigenvalue weighted by atomic mass is 10.2. The van der Waals surface area contributed by atoms with Gasteiger partial charge in [-0.25, -0.2) is 4.39 Å². The normalized spacial score (nSPS) is 11.0. The standard InChI is InChI=1S/C21H17ClFNO/c1-15-9-10-18(12-20(15)22)24-13-16-5-4-7-19(11-16)25-14-17-6-2-3-8-21(17)23/h2-13H,14H2,1H3. The summed E-state index contributed by atoms with van der Waals surface area (Å²) in [5.41, 5.74) is 3.22. The lowest BCUT2D eigenvalue weighted by Gasteiger charge is -2.07. The van der Waals surface area contributed by atoms with Crippen molar-refractivity contribution in [3.8, 4) is 5.75 Å². The summed E-state index contributed by atoms with van der Waals surface area (Å²) in [4.78, 5) is 4.43. The van der Waals surface area contributed by atoms with Gasteiger partial charge in [0.05, 0.1) is 5.69 Å². The van der Waals surface area contributed by atoms with Crippen molar-refractivity contribution in [1.29, 1.82) is 0 Å². The van der Waals surface area contributed by atoms with E-state index < -0.39 is 0 Å². The number of ether oxygens (including phenoxy) is 1. The van der Waals surface area contributed by atoms with Gasteiger partial charge in [-0.15, -0.1) is 0 Å². The van der Waals surface area contributed by atoms with Crippen LogP contribution in [0.3, 0.4) is 0 Å². The lowest BCUT2D eigenvalue weighted by molar-refractivity contribution is 0.300. The molecule has 0 atom stereocenters. The van der Waals surface area contributed by atoms with Crippen LogP contribution in [-0.4, -0.2) is 6.21 Å². The first-order valence-corrected chi connectivity index (χ1v) is 8.26. The average molecular weight is 354 g/mol. The fourth-order valence-corrected chi connectivity index (χ4v) is 2.45. The minimum absolute atomic E-state index is 0.181. The number of hydrogen-bond acceptors (Lipinski definition) is 2. The van der Waals surface area contributed by atoms with E-state index in [2.05, 4.69) is 4.99 Å². The second kappa shape index (κ2) is 7.95. The molecule has 2 nitrogen and oxygen atoms in total. The van der Waals surface area contributed by atoms with Crippen LogP contribution in [-0.2, 0) is 6.61 Å². The van der Waals surface area contributed by atoms with E-state index in [0.717, 1.165) is 16.8 Å². The van der Waals surface area contributed by atoms with Crippen LogP contribution in [0.4, 0.5) is 10.1 Å². The van der Waals surface area contributed by atoms with Crippen molar-refractivity contribution in [1.82, 2.24) is 0 Å². The molecule has 0 amide bonds. The molecular formula is C21H17ClFNO. The highest BCUT2D eigenvalue weighted by molar-refractivity contribution is 6.31. The molecule has 0 bridgehead atoms. The van der Waals surface area contributed by atoms with Gasteiger partial charge in [-0.2, -0.15) is 0 Å². The fraction of sp³-hybridized carbons (Fsp3) is 0.0952. The maximum absolute atomic E-state index is 13.6. The van der Waals surface area contributed by atoms with E-state index in [1.165, 1.54) is 6.07 Å². The summed E-state index contributed by atoms with van der Waals surface area (Å²) in [6.45, 7) is 2.13. The average Bonchev–Trinajstić information content (AvgIpc) is 2.62. The molecule has 3 aromatic rings. The van der Waals surface area contributed by atoms with Crippen molar-refractivity contribution < 1.29 is 9.13 Å².